The quantitative estimate of drug-likeness (QED) is 0.324. The summed E-state index contributed by atoms with van der Waals surface area (Å²) >= 11 is 0. The zero-order chi connectivity index (χ0) is 19.9. The molecule has 1 aliphatic heterocycles. The Balaban J connectivity index is 1.41. The van der Waals surface area contributed by atoms with Crippen LogP contribution in [0.5, 0.6) is 5.75 Å². The second kappa shape index (κ2) is 14.2. The minimum absolute atomic E-state index is 0.249. The normalized spacial score (nSPS) is 15.4. The molecule has 0 saturated carbocycles. The van der Waals surface area contributed by atoms with Gasteiger partial charge in [0.05, 0.1) is 6.61 Å². The Labute approximate surface area is 167 Å². The maximum absolute atomic E-state index is 12.8. The summed E-state index contributed by atoms with van der Waals surface area (Å²) in [5, 5.41) is 6.60. The van der Waals surface area contributed by atoms with Gasteiger partial charge in [0, 0.05) is 46.6 Å². The number of benzene rings is 1. The van der Waals surface area contributed by atoms with Crippen molar-refractivity contribution in [3.8, 4) is 5.75 Å². The number of rotatable bonds is 12. The second-order valence-electron chi connectivity index (χ2n) is 6.92. The third kappa shape index (κ3) is 9.90. The lowest BCUT2D eigenvalue weighted by Gasteiger charge is -2.21. The van der Waals surface area contributed by atoms with Gasteiger partial charge in [0.1, 0.15) is 11.6 Å². The summed E-state index contributed by atoms with van der Waals surface area (Å²) in [7, 11) is 1.77. The van der Waals surface area contributed by atoms with Gasteiger partial charge < -0.3 is 24.8 Å². The first-order valence-electron chi connectivity index (χ1n) is 10.3. The van der Waals surface area contributed by atoms with Gasteiger partial charge in [-0.1, -0.05) is 0 Å². The second-order valence-corrected chi connectivity index (χ2v) is 6.92. The fourth-order valence-corrected chi connectivity index (χ4v) is 2.92. The molecule has 0 atom stereocenters. The zero-order valence-corrected chi connectivity index (χ0v) is 16.9. The summed E-state index contributed by atoms with van der Waals surface area (Å²) in [5.74, 6) is 1.92. The van der Waals surface area contributed by atoms with Gasteiger partial charge in [-0.15, -0.1) is 0 Å². The molecule has 7 heteroatoms. The Kier molecular flexibility index (Phi) is 11.4. The highest BCUT2D eigenvalue weighted by Gasteiger charge is 2.13. The lowest BCUT2D eigenvalue weighted by atomic mass is 10.0. The van der Waals surface area contributed by atoms with Crippen LogP contribution in [0, 0.1) is 11.7 Å². The van der Waals surface area contributed by atoms with Crippen molar-refractivity contribution in [3.05, 3.63) is 30.1 Å². The molecule has 0 bridgehead atoms. The molecule has 1 heterocycles. The number of aliphatic imine (C=N–C) groups is 1. The Bertz CT molecular complexity index is 548. The zero-order valence-electron chi connectivity index (χ0n) is 16.9. The van der Waals surface area contributed by atoms with E-state index in [1.807, 2.05) is 0 Å². The maximum atomic E-state index is 12.8. The molecule has 1 aromatic carbocycles. The molecule has 158 valence electrons. The molecule has 0 aromatic heterocycles. The molecule has 1 saturated heterocycles. The van der Waals surface area contributed by atoms with Crippen molar-refractivity contribution in [2.45, 2.75) is 32.1 Å². The molecule has 6 nitrogen and oxygen atoms in total. The number of nitrogens with zero attached hydrogens (tertiary/aromatic N) is 1. The third-order valence-electron chi connectivity index (χ3n) is 4.62. The largest absolute Gasteiger partial charge is 0.494 e. The minimum Gasteiger partial charge on any atom is -0.494 e. The maximum Gasteiger partial charge on any atom is 0.190 e. The molecule has 0 amide bonds. The van der Waals surface area contributed by atoms with Crippen molar-refractivity contribution < 1.29 is 18.6 Å². The molecule has 2 N–H and O–H groups in total. The number of ether oxygens (including phenoxy) is 3. The first-order chi connectivity index (χ1) is 13.8. The molecule has 1 aromatic rings. The standard InChI is InChI=1S/C21H34FN3O3/c1-23-21(25-12-4-13-27-17-18-9-15-26-16-10-18)24-11-2-3-14-28-20-7-5-19(22)6-8-20/h5-8,18H,2-4,9-17H2,1H3,(H2,23,24,25). The van der Waals surface area contributed by atoms with Crippen LogP contribution in [0.1, 0.15) is 32.1 Å². The number of unbranched alkanes of at least 4 members (excludes halogenated alkanes) is 1. The molecule has 0 radical (unpaired) electrons. The molecule has 1 aliphatic rings. The average molecular weight is 396 g/mol. The number of hydrogen-bond acceptors (Lipinski definition) is 4. The van der Waals surface area contributed by atoms with Crippen molar-refractivity contribution in [2.75, 3.05) is 53.2 Å². The van der Waals surface area contributed by atoms with Crippen LogP contribution in [0.3, 0.4) is 0 Å². The number of hydrogen-bond donors (Lipinski definition) is 2. The van der Waals surface area contributed by atoms with E-state index < -0.39 is 0 Å². The summed E-state index contributed by atoms with van der Waals surface area (Å²) in [5.41, 5.74) is 0. The third-order valence-corrected chi connectivity index (χ3v) is 4.62. The molecular weight excluding hydrogens is 361 g/mol. The van der Waals surface area contributed by atoms with Crippen molar-refractivity contribution in [2.24, 2.45) is 10.9 Å². The molecule has 1 fully saturated rings. The number of guanidine groups is 1. The Morgan fingerprint density at radius 1 is 1.07 bits per heavy atom. The summed E-state index contributed by atoms with van der Waals surface area (Å²) in [4.78, 5) is 4.23. The van der Waals surface area contributed by atoms with Crippen LogP contribution in [0.25, 0.3) is 0 Å². The lowest BCUT2D eigenvalue weighted by molar-refractivity contribution is 0.0203. The average Bonchev–Trinajstić information content (AvgIpc) is 2.73. The van der Waals surface area contributed by atoms with Gasteiger partial charge in [0.15, 0.2) is 5.96 Å². The van der Waals surface area contributed by atoms with Crippen LogP contribution in [0.15, 0.2) is 29.3 Å². The highest BCUT2D eigenvalue weighted by atomic mass is 19.1. The van der Waals surface area contributed by atoms with Crippen LogP contribution in [-0.2, 0) is 9.47 Å². The van der Waals surface area contributed by atoms with Crippen molar-refractivity contribution in [1.82, 2.24) is 10.6 Å². The SMILES string of the molecule is CN=C(NCCCCOc1ccc(F)cc1)NCCCOCC1CCOCC1. The van der Waals surface area contributed by atoms with Gasteiger partial charge in [0.2, 0.25) is 0 Å². The van der Waals surface area contributed by atoms with E-state index in [-0.39, 0.29) is 5.82 Å². The summed E-state index contributed by atoms with van der Waals surface area (Å²) in [6, 6.07) is 6.10. The molecule has 0 spiro atoms. The van der Waals surface area contributed by atoms with E-state index in [2.05, 4.69) is 15.6 Å². The van der Waals surface area contributed by atoms with Gasteiger partial charge in [-0.25, -0.2) is 4.39 Å². The fraction of sp³-hybridized carbons (Fsp3) is 0.667. The van der Waals surface area contributed by atoms with E-state index in [1.165, 1.54) is 12.1 Å². The predicted molar refractivity (Wildman–Crippen MR) is 109 cm³/mol. The van der Waals surface area contributed by atoms with Gasteiger partial charge in [0.25, 0.3) is 0 Å². The minimum atomic E-state index is -0.249. The Hall–Kier alpha value is -1.86. The van der Waals surface area contributed by atoms with E-state index in [9.17, 15) is 4.39 Å². The van der Waals surface area contributed by atoms with E-state index >= 15 is 0 Å². The summed E-state index contributed by atoms with van der Waals surface area (Å²) < 4.78 is 29.5. The van der Waals surface area contributed by atoms with Crippen LogP contribution in [-0.4, -0.2) is 59.1 Å². The van der Waals surface area contributed by atoms with Crippen LogP contribution < -0.4 is 15.4 Å². The molecular formula is C21H34FN3O3. The number of halogens is 1. The highest BCUT2D eigenvalue weighted by Crippen LogP contribution is 2.14. The van der Waals surface area contributed by atoms with Crippen LogP contribution in [0.4, 0.5) is 4.39 Å². The van der Waals surface area contributed by atoms with Crippen molar-refractivity contribution >= 4 is 5.96 Å². The smallest absolute Gasteiger partial charge is 0.190 e. The van der Waals surface area contributed by atoms with Crippen molar-refractivity contribution in [1.29, 1.82) is 0 Å². The highest BCUT2D eigenvalue weighted by molar-refractivity contribution is 5.79. The predicted octanol–water partition coefficient (Wildman–Crippen LogP) is 2.98. The Morgan fingerprint density at radius 3 is 2.50 bits per heavy atom. The first-order valence-corrected chi connectivity index (χ1v) is 10.3. The van der Waals surface area contributed by atoms with Gasteiger partial charge in [-0.3, -0.25) is 4.99 Å². The van der Waals surface area contributed by atoms with E-state index in [0.717, 1.165) is 77.6 Å². The lowest BCUT2D eigenvalue weighted by Crippen LogP contribution is -2.38. The molecule has 0 aliphatic carbocycles. The molecule has 28 heavy (non-hydrogen) atoms. The summed E-state index contributed by atoms with van der Waals surface area (Å²) in [6.07, 6.45) is 5.07. The fourth-order valence-electron chi connectivity index (χ4n) is 2.92. The van der Waals surface area contributed by atoms with E-state index in [0.29, 0.717) is 18.3 Å². The topological polar surface area (TPSA) is 64.1 Å². The van der Waals surface area contributed by atoms with E-state index in [1.54, 1.807) is 19.2 Å². The monoisotopic (exact) mass is 395 g/mol. The van der Waals surface area contributed by atoms with Crippen LogP contribution >= 0.6 is 0 Å². The molecule has 0 unspecified atom stereocenters. The summed E-state index contributed by atoms with van der Waals surface area (Å²) in [6.45, 7) is 5.63. The number of nitrogens with one attached hydrogen (secondary N) is 2. The first kappa shape index (κ1) is 22.4. The van der Waals surface area contributed by atoms with Crippen molar-refractivity contribution in [3.63, 3.8) is 0 Å². The van der Waals surface area contributed by atoms with E-state index in [4.69, 9.17) is 14.2 Å². The Morgan fingerprint density at radius 2 is 1.79 bits per heavy atom. The van der Waals surface area contributed by atoms with Gasteiger partial charge >= 0.3 is 0 Å². The molecule has 2 rings (SSSR count). The van der Waals surface area contributed by atoms with Gasteiger partial charge in [-0.2, -0.15) is 0 Å². The van der Waals surface area contributed by atoms with Crippen LogP contribution in [0.2, 0.25) is 0 Å². The van der Waals surface area contributed by atoms with Gasteiger partial charge in [-0.05, 0) is 62.3 Å².